The summed E-state index contributed by atoms with van der Waals surface area (Å²) >= 11 is 3.55. The van der Waals surface area contributed by atoms with Crippen molar-refractivity contribution in [1.29, 1.82) is 0 Å². The molecule has 0 saturated heterocycles. The summed E-state index contributed by atoms with van der Waals surface area (Å²) < 4.78 is 16.9. The van der Waals surface area contributed by atoms with Crippen molar-refractivity contribution in [3.8, 4) is 17.2 Å². The third-order valence-electron chi connectivity index (χ3n) is 3.15. The van der Waals surface area contributed by atoms with Crippen molar-refractivity contribution in [2.24, 2.45) is 0 Å². The summed E-state index contributed by atoms with van der Waals surface area (Å²) in [6, 6.07) is 11.6. The van der Waals surface area contributed by atoms with Crippen molar-refractivity contribution in [3.05, 3.63) is 46.4 Å². The van der Waals surface area contributed by atoms with E-state index in [1.54, 1.807) is 21.3 Å². The van der Waals surface area contributed by atoms with Crippen LogP contribution in [0.1, 0.15) is 5.56 Å². The maximum absolute atomic E-state index is 5.46. The van der Waals surface area contributed by atoms with Crippen LogP contribution in [-0.2, 0) is 6.54 Å². The van der Waals surface area contributed by atoms with E-state index in [0.29, 0.717) is 12.3 Å². The van der Waals surface area contributed by atoms with Gasteiger partial charge in [-0.1, -0.05) is 15.9 Å². The van der Waals surface area contributed by atoms with Gasteiger partial charge in [0.05, 0.1) is 21.3 Å². The van der Waals surface area contributed by atoms with E-state index in [1.807, 2.05) is 36.4 Å². The predicted octanol–water partition coefficient (Wildman–Crippen LogP) is 4.09. The summed E-state index contributed by atoms with van der Waals surface area (Å²) in [6.07, 6.45) is 0. The lowest BCUT2D eigenvalue weighted by Gasteiger charge is -2.15. The number of methoxy groups -OCH3 is 3. The van der Waals surface area contributed by atoms with Crippen molar-refractivity contribution in [1.82, 2.24) is 0 Å². The van der Waals surface area contributed by atoms with Crippen LogP contribution in [0.15, 0.2) is 40.9 Å². The van der Waals surface area contributed by atoms with E-state index in [1.165, 1.54) is 0 Å². The van der Waals surface area contributed by atoms with Gasteiger partial charge in [0.15, 0.2) is 11.5 Å². The number of nitrogens with one attached hydrogen (secondary N) is 1. The Kier molecular flexibility index (Phi) is 5.33. The fourth-order valence-electron chi connectivity index (χ4n) is 2.03. The standard InChI is InChI=1S/C16H18BrNO3/c1-19-12-6-4-11(5-7-12)18-10-13-14(17)8-9-15(20-2)16(13)21-3/h4-9,18H,10H2,1-3H3. The minimum Gasteiger partial charge on any atom is -0.497 e. The first-order valence-corrected chi connectivity index (χ1v) is 7.26. The Morgan fingerprint density at radius 1 is 0.905 bits per heavy atom. The number of anilines is 1. The molecule has 0 aromatic heterocycles. The van der Waals surface area contributed by atoms with Crippen LogP contribution in [0.2, 0.25) is 0 Å². The highest BCUT2D eigenvalue weighted by Gasteiger charge is 2.13. The number of hydrogen-bond donors (Lipinski definition) is 1. The lowest BCUT2D eigenvalue weighted by molar-refractivity contribution is 0.351. The molecule has 0 unspecified atom stereocenters. The van der Waals surface area contributed by atoms with Crippen molar-refractivity contribution < 1.29 is 14.2 Å². The van der Waals surface area contributed by atoms with E-state index in [0.717, 1.165) is 27.2 Å². The van der Waals surface area contributed by atoms with E-state index in [9.17, 15) is 0 Å². The van der Waals surface area contributed by atoms with Gasteiger partial charge in [-0.25, -0.2) is 0 Å². The third kappa shape index (κ3) is 3.61. The van der Waals surface area contributed by atoms with Gasteiger partial charge in [-0.2, -0.15) is 0 Å². The van der Waals surface area contributed by atoms with Crippen molar-refractivity contribution in [2.75, 3.05) is 26.6 Å². The molecule has 2 aromatic carbocycles. The van der Waals surface area contributed by atoms with E-state index in [4.69, 9.17) is 14.2 Å². The fourth-order valence-corrected chi connectivity index (χ4v) is 2.48. The zero-order chi connectivity index (χ0) is 15.2. The van der Waals surface area contributed by atoms with E-state index < -0.39 is 0 Å². The Hall–Kier alpha value is -1.88. The second-order valence-electron chi connectivity index (χ2n) is 4.34. The van der Waals surface area contributed by atoms with Gasteiger partial charge in [0.1, 0.15) is 5.75 Å². The second-order valence-corrected chi connectivity index (χ2v) is 5.20. The fraction of sp³-hybridized carbons (Fsp3) is 0.250. The molecule has 21 heavy (non-hydrogen) atoms. The first-order valence-electron chi connectivity index (χ1n) is 6.47. The molecular formula is C16H18BrNO3. The lowest BCUT2D eigenvalue weighted by Crippen LogP contribution is -2.04. The SMILES string of the molecule is COc1ccc(NCc2c(Br)ccc(OC)c2OC)cc1. The summed E-state index contributed by atoms with van der Waals surface area (Å²) in [5, 5.41) is 3.36. The van der Waals surface area contributed by atoms with Crippen LogP contribution in [-0.4, -0.2) is 21.3 Å². The minimum absolute atomic E-state index is 0.618. The van der Waals surface area contributed by atoms with Crippen LogP contribution < -0.4 is 19.5 Å². The zero-order valence-corrected chi connectivity index (χ0v) is 13.9. The van der Waals surface area contributed by atoms with E-state index in [2.05, 4.69) is 21.2 Å². The van der Waals surface area contributed by atoms with E-state index in [-0.39, 0.29) is 0 Å². The Morgan fingerprint density at radius 3 is 2.19 bits per heavy atom. The maximum atomic E-state index is 5.46. The molecule has 112 valence electrons. The van der Waals surface area contributed by atoms with Gasteiger partial charge in [-0.15, -0.1) is 0 Å². The van der Waals surface area contributed by atoms with Gasteiger partial charge in [-0.05, 0) is 36.4 Å². The Morgan fingerprint density at radius 2 is 1.62 bits per heavy atom. The van der Waals surface area contributed by atoms with Crippen molar-refractivity contribution in [2.45, 2.75) is 6.54 Å². The van der Waals surface area contributed by atoms with Gasteiger partial charge in [0.25, 0.3) is 0 Å². The quantitative estimate of drug-likeness (QED) is 0.850. The van der Waals surface area contributed by atoms with Crippen molar-refractivity contribution in [3.63, 3.8) is 0 Å². The first kappa shape index (κ1) is 15.5. The molecule has 0 atom stereocenters. The highest BCUT2D eigenvalue weighted by Crippen LogP contribution is 2.36. The Labute approximate surface area is 133 Å². The molecule has 0 saturated carbocycles. The molecule has 1 N–H and O–H groups in total. The number of halogens is 1. The smallest absolute Gasteiger partial charge is 0.166 e. The summed E-state index contributed by atoms with van der Waals surface area (Å²) in [7, 11) is 4.92. The zero-order valence-electron chi connectivity index (χ0n) is 12.3. The molecule has 0 bridgehead atoms. The average molecular weight is 352 g/mol. The summed E-state index contributed by atoms with van der Waals surface area (Å²) in [5.74, 6) is 2.28. The highest BCUT2D eigenvalue weighted by atomic mass is 79.9. The molecule has 0 aliphatic carbocycles. The molecule has 0 radical (unpaired) electrons. The Bertz CT molecular complexity index is 599. The molecule has 5 heteroatoms. The largest absolute Gasteiger partial charge is 0.497 e. The average Bonchev–Trinajstić information content (AvgIpc) is 2.53. The van der Waals surface area contributed by atoms with E-state index >= 15 is 0 Å². The van der Waals surface area contributed by atoms with Crippen LogP contribution in [0.5, 0.6) is 17.2 Å². The summed E-state index contributed by atoms with van der Waals surface area (Å²) in [6.45, 7) is 0.618. The molecular weight excluding hydrogens is 334 g/mol. The van der Waals surface area contributed by atoms with Gasteiger partial charge < -0.3 is 19.5 Å². The monoisotopic (exact) mass is 351 g/mol. The number of rotatable bonds is 6. The molecule has 0 spiro atoms. The van der Waals surface area contributed by atoms with Crippen molar-refractivity contribution >= 4 is 21.6 Å². The molecule has 2 rings (SSSR count). The lowest BCUT2D eigenvalue weighted by atomic mass is 10.1. The normalized spacial score (nSPS) is 10.1. The maximum Gasteiger partial charge on any atom is 0.166 e. The van der Waals surface area contributed by atoms with Crippen LogP contribution >= 0.6 is 15.9 Å². The third-order valence-corrected chi connectivity index (χ3v) is 3.89. The summed E-state index contributed by atoms with van der Waals surface area (Å²) in [4.78, 5) is 0. The van der Waals surface area contributed by atoms with Crippen LogP contribution in [0, 0.1) is 0 Å². The predicted molar refractivity (Wildman–Crippen MR) is 87.6 cm³/mol. The molecule has 0 aliphatic rings. The number of benzene rings is 2. The van der Waals surface area contributed by atoms with Crippen LogP contribution in [0.25, 0.3) is 0 Å². The second kappa shape index (κ2) is 7.22. The van der Waals surface area contributed by atoms with Gasteiger partial charge in [0, 0.05) is 22.3 Å². The van der Waals surface area contributed by atoms with Gasteiger partial charge in [0.2, 0.25) is 0 Å². The van der Waals surface area contributed by atoms with Crippen LogP contribution in [0.3, 0.4) is 0 Å². The van der Waals surface area contributed by atoms with Gasteiger partial charge >= 0.3 is 0 Å². The molecule has 4 nitrogen and oxygen atoms in total. The first-order chi connectivity index (χ1) is 10.2. The number of hydrogen-bond acceptors (Lipinski definition) is 4. The topological polar surface area (TPSA) is 39.7 Å². The highest BCUT2D eigenvalue weighted by molar-refractivity contribution is 9.10. The molecule has 0 aliphatic heterocycles. The van der Waals surface area contributed by atoms with Gasteiger partial charge in [-0.3, -0.25) is 0 Å². The summed E-state index contributed by atoms with van der Waals surface area (Å²) in [5.41, 5.74) is 2.01. The Balaban J connectivity index is 2.18. The molecule has 0 heterocycles. The molecule has 0 amide bonds. The van der Waals surface area contributed by atoms with Crippen LogP contribution in [0.4, 0.5) is 5.69 Å². The number of ether oxygens (including phenoxy) is 3. The molecule has 2 aromatic rings. The molecule has 0 fully saturated rings. The minimum atomic E-state index is 0.618.